The fourth-order valence-corrected chi connectivity index (χ4v) is 3.07. The minimum Gasteiger partial charge on any atom is -0.480 e. The van der Waals surface area contributed by atoms with Gasteiger partial charge in [0, 0.05) is 12.0 Å². The van der Waals surface area contributed by atoms with Crippen molar-refractivity contribution in [1.29, 1.82) is 0 Å². The largest absolute Gasteiger partial charge is 0.480 e. The van der Waals surface area contributed by atoms with Crippen LogP contribution in [0.25, 0.3) is 0 Å². The van der Waals surface area contributed by atoms with Crippen LogP contribution in [0.2, 0.25) is 0 Å². The lowest BCUT2D eigenvalue weighted by Crippen LogP contribution is -2.75. The fourth-order valence-electron chi connectivity index (χ4n) is 3.07. The molecule has 2 rings (SSSR count). The molecule has 0 aromatic heterocycles. The number of carboxylic acid groups (broad SMARTS) is 1. The van der Waals surface area contributed by atoms with Gasteiger partial charge in [-0.15, -0.1) is 0 Å². The van der Waals surface area contributed by atoms with Gasteiger partial charge in [-0.05, 0) is 25.7 Å². The molecule has 0 aromatic rings. The molecular weight excluding hydrogens is 166 g/mol. The van der Waals surface area contributed by atoms with E-state index in [1.807, 2.05) is 0 Å². The van der Waals surface area contributed by atoms with Crippen LogP contribution >= 0.6 is 0 Å². The van der Waals surface area contributed by atoms with Crippen molar-refractivity contribution in [3.05, 3.63) is 0 Å². The van der Waals surface area contributed by atoms with Crippen molar-refractivity contribution in [3.63, 3.8) is 0 Å². The van der Waals surface area contributed by atoms with Gasteiger partial charge >= 0.3 is 5.97 Å². The molecule has 1 heterocycles. The van der Waals surface area contributed by atoms with E-state index in [4.69, 9.17) is 0 Å². The molecule has 2 aliphatic rings. The standard InChI is InChI=1S/C10H17NO2/c1-6-3-4-8-7(2)11-10(8,5-6)9(12)13/h6-8,11H,3-5H2,1-2H3,(H,12,13). The molecular formula is C10H17NO2. The van der Waals surface area contributed by atoms with Crippen molar-refractivity contribution >= 4 is 5.97 Å². The Morgan fingerprint density at radius 3 is 2.69 bits per heavy atom. The van der Waals surface area contributed by atoms with E-state index in [9.17, 15) is 9.90 Å². The third kappa shape index (κ3) is 1.10. The summed E-state index contributed by atoms with van der Waals surface area (Å²) in [5.74, 6) is 0.260. The van der Waals surface area contributed by atoms with Crippen molar-refractivity contribution < 1.29 is 9.90 Å². The Hall–Kier alpha value is -0.570. The Morgan fingerprint density at radius 2 is 2.15 bits per heavy atom. The highest BCUT2D eigenvalue weighted by Gasteiger charge is 2.58. The van der Waals surface area contributed by atoms with E-state index < -0.39 is 11.5 Å². The first-order valence-electron chi connectivity index (χ1n) is 5.07. The molecule has 0 bridgehead atoms. The van der Waals surface area contributed by atoms with Gasteiger partial charge in [0.1, 0.15) is 5.54 Å². The summed E-state index contributed by atoms with van der Waals surface area (Å²) >= 11 is 0. The SMILES string of the molecule is CC1CCC2C(C)NC2(C(=O)O)C1. The molecule has 1 saturated heterocycles. The van der Waals surface area contributed by atoms with Crippen molar-refractivity contribution in [3.8, 4) is 0 Å². The number of aliphatic carboxylic acids is 1. The molecule has 1 aliphatic carbocycles. The fraction of sp³-hybridized carbons (Fsp3) is 0.900. The highest BCUT2D eigenvalue weighted by Crippen LogP contribution is 2.45. The summed E-state index contributed by atoms with van der Waals surface area (Å²) in [6.45, 7) is 4.23. The van der Waals surface area contributed by atoms with Crippen LogP contribution in [0.1, 0.15) is 33.1 Å². The lowest BCUT2D eigenvalue weighted by molar-refractivity contribution is -0.160. The zero-order valence-electron chi connectivity index (χ0n) is 8.21. The van der Waals surface area contributed by atoms with Crippen molar-refractivity contribution in [2.75, 3.05) is 0 Å². The van der Waals surface area contributed by atoms with Gasteiger partial charge in [0.05, 0.1) is 0 Å². The molecule has 2 N–H and O–H groups in total. The average molecular weight is 183 g/mol. The summed E-state index contributed by atoms with van der Waals surface area (Å²) in [7, 11) is 0. The second kappa shape index (κ2) is 2.71. The van der Waals surface area contributed by atoms with E-state index in [0.29, 0.717) is 17.9 Å². The van der Waals surface area contributed by atoms with Gasteiger partial charge in [0.25, 0.3) is 0 Å². The number of nitrogens with one attached hydrogen (secondary N) is 1. The monoisotopic (exact) mass is 183 g/mol. The average Bonchev–Trinajstić information content (AvgIpc) is 2.01. The van der Waals surface area contributed by atoms with Crippen LogP contribution in [0.4, 0.5) is 0 Å². The zero-order valence-corrected chi connectivity index (χ0v) is 8.21. The van der Waals surface area contributed by atoms with Crippen molar-refractivity contribution in [2.24, 2.45) is 11.8 Å². The van der Waals surface area contributed by atoms with Crippen LogP contribution in [0.15, 0.2) is 0 Å². The molecule has 13 heavy (non-hydrogen) atoms. The predicted molar refractivity (Wildman–Crippen MR) is 49.5 cm³/mol. The number of hydrogen-bond donors (Lipinski definition) is 2. The molecule has 2 fully saturated rings. The Balaban J connectivity index is 2.19. The summed E-state index contributed by atoms with van der Waals surface area (Å²) in [6, 6.07) is 0.392. The first kappa shape index (κ1) is 9.00. The number of fused-ring (bicyclic) bond motifs is 1. The lowest BCUT2D eigenvalue weighted by Gasteiger charge is -2.56. The second-order valence-corrected chi connectivity index (χ2v) is 4.70. The Kier molecular flexibility index (Phi) is 1.88. The first-order chi connectivity index (χ1) is 6.06. The summed E-state index contributed by atoms with van der Waals surface area (Å²) in [4.78, 5) is 11.2. The predicted octanol–water partition coefficient (Wildman–Crippen LogP) is 1.24. The van der Waals surface area contributed by atoms with Crippen LogP contribution in [-0.2, 0) is 4.79 Å². The Morgan fingerprint density at radius 1 is 1.46 bits per heavy atom. The first-order valence-corrected chi connectivity index (χ1v) is 5.07. The summed E-state index contributed by atoms with van der Waals surface area (Å²) in [5.41, 5.74) is -0.572. The van der Waals surface area contributed by atoms with Gasteiger partial charge in [0.15, 0.2) is 0 Å². The van der Waals surface area contributed by atoms with Gasteiger partial charge in [-0.2, -0.15) is 0 Å². The smallest absolute Gasteiger partial charge is 0.324 e. The molecule has 0 amide bonds. The second-order valence-electron chi connectivity index (χ2n) is 4.70. The maximum atomic E-state index is 11.2. The van der Waals surface area contributed by atoms with Crippen LogP contribution in [0.5, 0.6) is 0 Å². The Labute approximate surface area is 78.5 Å². The third-order valence-corrected chi connectivity index (χ3v) is 3.74. The van der Waals surface area contributed by atoms with Crippen molar-refractivity contribution in [2.45, 2.75) is 44.7 Å². The van der Waals surface area contributed by atoms with E-state index >= 15 is 0 Å². The highest BCUT2D eigenvalue weighted by atomic mass is 16.4. The van der Waals surface area contributed by atoms with E-state index in [-0.39, 0.29) is 0 Å². The minimum absolute atomic E-state index is 0.362. The number of rotatable bonds is 1. The molecule has 3 heteroatoms. The maximum absolute atomic E-state index is 11.2. The molecule has 0 aromatic carbocycles. The van der Waals surface area contributed by atoms with Gasteiger partial charge in [-0.1, -0.05) is 13.3 Å². The third-order valence-electron chi connectivity index (χ3n) is 3.74. The molecule has 1 aliphatic heterocycles. The molecule has 0 spiro atoms. The van der Waals surface area contributed by atoms with Crippen LogP contribution in [0, 0.1) is 11.8 Å². The quantitative estimate of drug-likeness (QED) is 0.643. The van der Waals surface area contributed by atoms with Crippen molar-refractivity contribution in [1.82, 2.24) is 5.32 Å². The lowest BCUT2D eigenvalue weighted by atomic mass is 9.60. The number of hydrogen-bond acceptors (Lipinski definition) is 2. The number of carboxylic acids is 1. The minimum atomic E-state index is -0.651. The van der Waals surface area contributed by atoms with E-state index in [0.717, 1.165) is 12.8 Å². The maximum Gasteiger partial charge on any atom is 0.324 e. The molecule has 74 valence electrons. The van der Waals surface area contributed by atoms with E-state index in [1.54, 1.807) is 0 Å². The van der Waals surface area contributed by atoms with E-state index in [2.05, 4.69) is 19.2 Å². The zero-order chi connectivity index (χ0) is 9.64. The van der Waals surface area contributed by atoms with Crippen LogP contribution in [-0.4, -0.2) is 22.7 Å². The van der Waals surface area contributed by atoms with Gasteiger partial charge in [-0.3, -0.25) is 10.1 Å². The Bertz CT molecular complexity index is 241. The molecule has 0 radical (unpaired) electrons. The normalized spacial score (nSPS) is 49.2. The molecule has 3 nitrogen and oxygen atoms in total. The van der Waals surface area contributed by atoms with Gasteiger partial charge < -0.3 is 5.11 Å². The summed E-state index contributed by atoms with van der Waals surface area (Å²) in [6.07, 6.45) is 3.06. The summed E-state index contributed by atoms with van der Waals surface area (Å²) in [5, 5.41) is 12.4. The van der Waals surface area contributed by atoms with Gasteiger partial charge in [0.2, 0.25) is 0 Å². The van der Waals surface area contributed by atoms with Crippen LogP contribution in [0.3, 0.4) is 0 Å². The van der Waals surface area contributed by atoms with E-state index in [1.165, 1.54) is 6.42 Å². The topological polar surface area (TPSA) is 49.3 Å². The number of carbonyl (C=O) groups is 1. The van der Waals surface area contributed by atoms with Gasteiger partial charge in [-0.25, -0.2) is 0 Å². The molecule has 1 saturated carbocycles. The highest BCUT2D eigenvalue weighted by molar-refractivity contribution is 5.81. The summed E-state index contributed by atoms with van der Waals surface area (Å²) < 4.78 is 0. The molecule has 4 atom stereocenters. The molecule has 4 unspecified atom stereocenters. The van der Waals surface area contributed by atoms with Crippen LogP contribution < -0.4 is 5.32 Å².